The number of piperazine rings is 1. The first-order valence-corrected chi connectivity index (χ1v) is 6.08. The number of para-hydroxylation sites is 1. The lowest BCUT2D eigenvalue weighted by atomic mass is 10.1. The zero-order valence-electron chi connectivity index (χ0n) is 10.6. The van der Waals surface area contributed by atoms with Crippen LogP contribution in [0.4, 0.5) is 0 Å². The summed E-state index contributed by atoms with van der Waals surface area (Å²) >= 11 is 0. The molecule has 92 valence electrons. The topological polar surface area (TPSA) is 24.5 Å². The molecule has 0 amide bonds. The summed E-state index contributed by atoms with van der Waals surface area (Å²) in [5, 5.41) is 3.36. The Morgan fingerprint density at radius 2 is 2.00 bits per heavy atom. The highest BCUT2D eigenvalue weighted by Gasteiger charge is 2.10. The number of rotatable bonds is 3. The van der Waals surface area contributed by atoms with Crippen LogP contribution in [0.2, 0.25) is 0 Å². The van der Waals surface area contributed by atoms with Crippen molar-refractivity contribution in [2.24, 2.45) is 0 Å². The Morgan fingerprint density at radius 1 is 1.29 bits per heavy atom. The molecule has 17 heavy (non-hydrogen) atoms. The van der Waals surface area contributed by atoms with Gasteiger partial charge in [-0.3, -0.25) is 0 Å². The van der Waals surface area contributed by atoms with Gasteiger partial charge in [0.25, 0.3) is 0 Å². The van der Waals surface area contributed by atoms with Crippen LogP contribution < -0.4 is 10.1 Å². The van der Waals surface area contributed by atoms with Crippen LogP contribution in [-0.4, -0.2) is 38.2 Å². The molecule has 1 heterocycles. The fourth-order valence-corrected chi connectivity index (χ4v) is 2.12. The van der Waals surface area contributed by atoms with E-state index in [1.807, 2.05) is 18.2 Å². The number of ether oxygens (including phenoxy) is 1. The summed E-state index contributed by atoms with van der Waals surface area (Å²) in [7, 11) is 1.72. The lowest BCUT2D eigenvalue weighted by Crippen LogP contribution is -2.42. The minimum atomic E-state index is 0.932. The molecule has 1 N–H and O–H groups in total. The SMILES string of the molecule is COc1ccccc1C=C(C)N1CCNCC1. The minimum absolute atomic E-state index is 0.932. The third kappa shape index (κ3) is 3.01. The number of allylic oxidation sites excluding steroid dienone is 1. The molecule has 3 heteroatoms. The van der Waals surface area contributed by atoms with E-state index in [0.717, 1.165) is 37.5 Å². The minimum Gasteiger partial charge on any atom is -0.496 e. The highest BCUT2D eigenvalue weighted by atomic mass is 16.5. The quantitative estimate of drug-likeness (QED) is 0.862. The molecule has 0 spiro atoms. The summed E-state index contributed by atoms with van der Waals surface area (Å²) in [6.07, 6.45) is 2.20. The van der Waals surface area contributed by atoms with Crippen molar-refractivity contribution in [3.05, 3.63) is 35.5 Å². The first-order chi connectivity index (χ1) is 8.31. The van der Waals surface area contributed by atoms with E-state index in [0.29, 0.717) is 0 Å². The van der Waals surface area contributed by atoms with Gasteiger partial charge in [-0.2, -0.15) is 0 Å². The molecule has 0 unspecified atom stereocenters. The summed E-state index contributed by atoms with van der Waals surface area (Å²) in [6, 6.07) is 8.12. The summed E-state index contributed by atoms with van der Waals surface area (Å²) in [4.78, 5) is 2.41. The first-order valence-electron chi connectivity index (χ1n) is 6.08. The first kappa shape index (κ1) is 12.0. The number of methoxy groups -OCH3 is 1. The van der Waals surface area contributed by atoms with Crippen LogP contribution in [0.5, 0.6) is 5.75 Å². The molecule has 0 aliphatic carbocycles. The molecule has 2 rings (SSSR count). The molecule has 0 radical (unpaired) electrons. The van der Waals surface area contributed by atoms with Crippen molar-refractivity contribution in [1.82, 2.24) is 10.2 Å². The van der Waals surface area contributed by atoms with Crippen LogP contribution in [0.1, 0.15) is 12.5 Å². The van der Waals surface area contributed by atoms with Gasteiger partial charge in [0.05, 0.1) is 7.11 Å². The van der Waals surface area contributed by atoms with Gasteiger partial charge in [-0.15, -0.1) is 0 Å². The lowest BCUT2D eigenvalue weighted by Gasteiger charge is -2.30. The average molecular weight is 232 g/mol. The maximum Gasteiger partial charge on any atom is 0.126 e. The van der Waals surface area contributed by atoms with Gasteiger partial charge in [0, 0.05) is 37.4 Å². The van der Waals surface area contributed by atoms with E-state index < -0.39 is 0 Å². The molecule has 0 bridgehead atoms. The Bertz CT molecular complexity index is 395. The Kier molecular flexibility index (Phi) is 4.04. The molecule has 1 saturated heterocycles. The second-order valence-corrected chi connectivity index (χ2v) is 4.26. The van der Waals surface area contributed by atoms with Gasteiger partial charge < -0.3 is 15.0 Å². The van der Waals surface area contributed by atoms with E-state index in [-0.39, 0.29) is 0 Å². The molecule has 0 aromatic heterocycles. The third-order valence-electron chi connectivity index (χ3n) is 3.12. The normalized spacial score (nSPS) is 17.1. The monoisotopic (exact) mass is 232 g/mol. The van der Waals surface area contributed by atoms with Gasteiger partial charge in [0.15, 0.2) is 0 Å². The zero-order chi connectivity index (χ0) is 12.1. The molecule has 1 aliphatic rings. The zero-order valence-corrected chi connectivity index (χ0v) is 10.6. The Balaban J connectivity index is 2.16. The predicted molar refractivity (Wildman–Crippen MR) is 71.1 cm³/mol. The lowest BCUT2D eigenvalue weighted by molar-refractivity contribution is 0.302. The van der Waals surface area contributed by atoms with Crippen molar-refractivity contribution in [3.63, 3.8) is 0 Å². The van der Waals surface area contributed by atoms with Crippen LogP contribution in [0.3, 0.4) is 0 Å². The van der Waals surface area contributed by atoms with Crippen molar-refractivity contribution in [3.8, 4) is 5.75 Å². The number of nitrogens with one attached hydrogen (secondary N) is 1. The summed E-state index contributed by atoms with van der Waals surface area (Å²) in [5.41, 5.74) is 2.45. The maximum absolute atomic E-state index is 5.36. The van der Waals surface area contributed by atoms with Crippen LogP contribution >= 0.6 is 0 Å². The fraction of sp³-hybridized carbons (Fsp3) is 0.429. The Hall–Kier alpha value is -1.48. The molecule has 0 atom stereocenters. The van der Waals surface area contributed by atoms with Gasteiger partial charge in [-0.1, -0.05) is 18.2 Å². The number of hydrogen-bond donors (Lipinski definition) is 1. The average Bonchev–Trinajstić information content (AvgIpc) is 2.40. The molecule has 1 aromatic carbocycles. The van der Waals surface area contributed by atoms with Crippen molar-refractivity contribution in [2.75, 3.05) is 33.3 Å². The van der Waals surface area contributed by atoms with E-state index in [1.54, 1.807) is 7.11 Å². The van der Waals surface area contributed by atoms with Crippen LogP contribution in [-0.2, 0) is 0 Å². The molecule has 3 nitrogen and oxygen atoms in total. The van der Waals surface area contributed by atoms with Crippen molar-refractivity contribution in [2.45, 2.75) is 6.92 Å². The Morgan fingerprint density at radius 3 is 2.71 bits per heavy atom. The van der Waals surface area contributed by atoms with Crippen molar-refractivity contribution < 1.29 is 4.74 Å². The summed E-state index contributed by atoms with van der Waals surface area (Å²) in [6.45, 7) is 6.46. The second-order valence-electron chi connectivity index (χ2n) is 4.26. The Labute approximate surface area is 103 Å². The van der Waals surface area contributed by atoms with Crippen LogP contribution in [0.25, 0.3) is 6.08 Å². The molecule has 1 aromatic rings. The van der Waals surface area contributed by atoms with E-state index in [2.05, 4.69) is 29.3 Å². The van der Waals surface area contributed by atoms with E-state index in [1.165, 1.54) is 5.70 Å². The van der Waals surface area contributed by atoms with E-state index in [9.17, 15) is 0 Å². The number of hydrogen-bond acceptors (Lipinski definition) is 3. The van der Waals surface area contributed by atoms with E-state index in [4.69, 9.17) is 4.74 Å². The third-order valence-corrected chi connectivity index (χ3v) is 3.12. The van der Waals surface area contributed by atoms with Crippen LogP contribution in [0.15, 0.2) is 30.0 Å². The van der Waals surface area contributed by atoms with Gasteiger partial charge in [0.1, 0.15) is 5.75 Å². The number of nitrogens with zero attached hydrogens (tertiary/aromatic N) is 1. The molecular formula is C14H20N2O. The summed E-state index contributed by atoms with van der Waals surface area (Å²) < 4.78 is 5.36. The molecule has 1 aliphatic heterocycles. The largest absolute Gasteiger partial charge is 0.496 e. The summed E-state index contributed by atoms with van der Waals surface area (Å²) in [5.74, 6) is 0.932. The number of benzene rings is 1. The van der Waals surface area contributed by atoms with Gasteiger partial charge >= 0.3 is 0 Å². The van der Waals surface area contributed by atoms with E-state index >= 15 is 0 Å². The maximum atomic E-state index is 5.36. The highest BCUT2D eigenvalue weighted by Crippen LogP contribution is 2.21. The molecular weight excluding hydrogens is 212 g/mol. The second kappa shape index (κ2) is 5.73. The van der Waals surface area contributed by atoms with Gasteiger partial charge in [-0.25, -0.2) is 0 Å². The van der Waals surface area contributed by atoms with Crippen molar-refractivity contribution in [1.29, 1.82) is 0 Å². The fourth-order valence-electron chi connectivity index (χ4n) is 2.12. The van der Waals surface area contributed by atoms with Gasteiger partial charge in [0.2, 0.25) is 0 Å². The van der Waals surface area contributed by atoms with Crippen molar-refractivity contribution >= 4 is 6.08 Å². The molecule has 0 saturated carbocycles. The standard InChI is InChI=1S/C14H20N2O/c1-12(16-9-7-15-8-10-16)11-13-5-3-4-6-14(13)17-2/h3-6,11,15H,7-10H2,1-2H3. The predicted octanol–water partition coefficient (Wildman–Crippen LogP) is 1.96. The van der Waals surface area contributed by atoms with Gasteiger partial charge in [-0.05, 0) is 19.1 Å². The molecule has 1 fully saturated rings. The smallest absolute Gasteiger partial charge is 0.126 e. The highest BCUT2D eigenvalue weighted by molar-refractivity contribution is 5.59. The van der Waals surface area contributed by atoms with Crippen LogP contribution in [0, 0.1) is 0 Å².